The summed E-state index contributed by atoms with van der Waals surface area (Å²) in [6.45, 7) is 6.34. The second-order valence-electron chi connectivity index (χ2n) is 18.7. The minimum Gasteiger partial charge on any atom is -0.462 e. The number of rotatable bonds is 49. The van der Waals surface area contributed by atoms with Crippen molar-refractivity contribution in [2.75, 3.05) is 6.61 Å². The van der Waals surface area contributed by atoms with Crippen molar-refractivity contribution in [3.8, 4) is 0 Å². The van der Waals surface area contributed by atoms with Gasteiger partial charge in [0.05, 0.1) is 25.2 Å². The number of nitrogens with one attached hydrogen (secondary N) is 1. The molecular formula is C59H105NO5. The maximum absolute atomic E-state index is 13.2. The van der Waals surface area contributed by atoms with E-state index in [1.54, 1.807) is 0 Å². The van der Waals surface area contributed by atoms with Gasteiger partial charge in [0, 0.05) is 6.42 Å². The zero-order valence-corrected chi connectivity index (χ0v) is 42.9. The van der Waals surface area contributed by atoms with E-state index >= 15 is 0 Å². The standard InChI is InChI=1S/C59H105NO5/c1-4-7-10-13-16-19-22-25-28-29-31-33-36-39-42-45-48-51-57(62)56(54-61)60-58(63)53-55(50-47-44-41-38-35-32-27-24-21-18-15-12-9-6-3)65-59(64)52-49-46-43-40-37-34-30-26-23-20-17-14-11-8-5-2/h8,11,14,17,20,23,26,30,32,35,38,41,55-57,61-62H,4-7,9-10,12-13,15-16,18-19,21-22,24-25,27-29,31,33-34,36-37,39-40,42-54H2,1-3H3,(H,60,63)/b11-8+,17-14+,23-20+,30-26-,35-32+,41-38+. The van der Waals surface area contributed by atoms with Gasteiger partial charge < -0.3 is 20.3 Å². The van der Waals surface area contributed by atoms with Crippen LogP contribution >= 0.6 is 0 Å². The first-order valence-corrected chi connectivity index (χ1v) is 27.7. The van der Waals surface area contributed by atoms with Gasteiger partial charge in [-0.25, -0.2) is 0 Å². The van der Waals surface area contributed by atoms with Crippen molar-refractivity contribution in [3.05, 3.63) is 72.9 Å². The molecule has 0 aromatic heterocycles. The Morgan fingerprint density at radius 2 is 0.846 bits per heavy atom. The molecule has 0 aliphatic rings. The van der Waals surface area contributed by atoms with E-state index in [0.717, 1.165) is 83.5 Å². The molecule has 376 valence electrons. The van der Waals surface area contributed by atoms with Gasteiger partial charge in [0.15, 0.2) is 0 Å². The Morgan fingerprint density at radius 3 is 1.31 bits per heavy atom. The summed E-state index contributed by atoms with van der Waals surface area (Å²) in [5.74, 6) is -0.546. The third-order valence-electron chi connectivity index (χ3n) is 12.4. The van der Waals surface area contributed by atoms with Crippen molar-refractivity contribution in [2.24, 2.45) is 0 Å². The van der Waals surface area contributed by atoms with Gasteiger partial charge in [-0.3, -0.25) is 9.59 Å². The van der Waals surface area contributed by atoms with Crippen molar-refractivity contribution >= 4 is 11.9 Å². The maximum atomic E-state index is 13.2. The normalized spacial score (nSPS) is 13.7. The Balaban J connectivity index is 4.62. The smallest absolute Gasteiger partial charge is 0.306 e. The minimum atomic E-state index is -0.807. The number of hydrogen-bond acceptors (Lipinski definition) is 5. The molecule has 0 aromatic rings. The first-order valence-electron chi connectivity index (χ1n) is 27.7. The molecule has 1 amide bonds. The van der Waals surface area contributed by atoms with Gasteiger partial charge in [-0.05, 0) is 64.2 Å². The van der Waals surface area contributed by atoms with Crippen LogP contribution in [0.2, 0.25) is 0 Å². The summed E-state index contributed by atoms with van der Waals surface area (Å²) in [6, 6.07) is -0.724. The van der Waals surface area contributed by atoms with E-state index in [4.69, 9.17) is 4.74 Å². The Bertz CT molecular complexity index is 1200. The first kappa shape index (κ1) is 62.3. The molecule has 3 atom stereocenters. The van der Waals surface area contributed by atoms with Crippen LogP contribution in [0.4, 0.5) is 0 Å². The van der Waals surface area contributed by atoms with Crippen LogP contribution in [0.15, 0.2) is 72.9 Å². The fraction of sp³-hybridized carbons (Fsp3) is 0.763. The summed E-state index contributed by atoms with van der Waals surface area (Å²) < 4.78 is 5.91. The van der Waals surface area contributed by atoms with Crippen LogP contribution < -0.4 is 5.32 Å². The molecular weight excluding hydrogens is 803 g/mol. The predicted molar refractivity (Wildman–Crippen MR) is 282 cm³/mol. The highest BCUT2D eigenvalue weighted by molar-refractivity contribution is 5.77. The lowest BCUT2D eigenvalue weighted by Gasteiger charge is -2.24. The molecule has 3 N–H and O–H groups in total. The topological polar surface area (TPSA) is 95.9 Å². The molecule has 0 saturated heterocycles. The zero-order chi connectivity index (χ0) is 47.4. The largest absolute Gasteiger partial charge is 0.462 e. The third kappa shape index (κ3) is 47.6. The lowest BCUT2D eigenvalue weighted by molar-refractivity contribution is -0.151. The van der Waals surface area contributed by atoms with E-state index in [2.05, 4.69) is 80.8 Å². The molecule has 6 heteroatoms. The number of amides is 1. The Labute approximate surface area is 402 Å². The summed E-state index contributed by atoms with van der Waals surface area (Å²) in [5, 5.41) is 23.8. The summed E-state index contributed by atoms with van der Waals surface area (Å²) in [5.41, 5.74) is 0. The van der Waals surface area contributed by atoms with Crippen LogP contribution in [0, 0.1) is 0 Å². The minimum absolute atomic E-state index is 0.0328. The number of aliphatic hydroxyl groups excluding tert-OH is 2. The molecule has 0 radical (unpaired) electrons. The van der Waals surface area contributed by atoms with Crippen molar-refractivity contribution in [3.63, 3.8) is 0 Å². The van der Waals surface area contributed by atoms with Gasteiger partial charge >= 0.3 is 5.97 Å². The van der Waals surface area contributed by atoms with E-state index in [-0.39, 0.29) is 24.9 Å². The quantitative estimate of drug-likeness (QED) is 0.0321. The second kappa shape index (κ2) is 52.3. The van der Waals surface area contributed by atoms with Gasteiger partial charge in [-0.15, -0.1) is 0 Å². The first-order chi connectivity index (χ1) is 32.0. The van der Waals surface area contributed by atoms with Crippen LogP contribution in [0.25, 0.3) is 0 Å². The number of ether oxygens (including phenoxy) is 1. The second-order valence-corrected chi connectivity index (χ2v) is 18.7. The third-order valence-corrected chi connectivity index (χ3v) is 12.4. The predicted octanol–water partition coefficient (Wildman–Crippen LogP) is 17.0. The Morgan fingerprint density at radius 1 is 0.462 bits per heavy atom. The van der Waals surface area contributed by atoms with Crippen LogP contribution in [0.1, 0.15) is 265 Å². The van der Waals surface area contributed by atoms with Gasteiger partial charge in [-0.1, -0.05) is 261 Å². The van der Waals surface area contributed by atoms with Gasteiger partial charge in [0.25, 0.3) is 0 Å². The lowest BCUT2D eigenvalue weighted by atomic mass is 10.0. The van der Waals surface area contributed by atoms with Crippen molar-refractivity contribution in [1.82, 2.24) is 5.32 Å². The number of carbonyl (C=O) groups excluding carboxylic acids is 2. The van der Waals surface area contributed by atoms with E-state index in [0.29, 0.717) is 19.3 Å². The Hall–Kier alpha value is -2.70. The summed E-state index contributed by atoms with van der Waals surface area (Å²) in [4.78, 5) is 26.2. The molecule has 0 aromatic carbocycles. The highest BCUT2D eigenvalue weighted by atomic mass is 16.5. The fourth-order valence-corrected chi connectivity index (χ4v) is 8.20. The van der Waals surface area contributed by atoms with Crippen LogP contribution in [0.5, 0.6) is 0 Å². The molecule has 0 bridgehead atoms. The van der Waals surface area contributed by atoms with Gasteiger partial charge in [0.1, 0.15) is 6.10 Å². The maximum Gasteiger partial charge on any atom is 0.306 e. The molecule has 0 heterocycles. The lowest BCUT2D eigenvalue weighted by Crippen LogP contribution is -2.46. The van der Waals surface area contributed by atoms with Crippen LogP contribution in [-0.2, 0) is 14.3 Å². The highest BCUT2D eigenvalue weighted by Gasteiger charge is 2.24. The molecule has 0 fully saturated rings. The van der Waals surface area contributed by atoms with Crippen LogP contribution in [-0.4, -0.2) is 46.9 Å². The Kier molecular flexibility index (Phi) is 50.1. The summed E-state index contributed by atoms with van der Waals surface area (Å²) in [7, 11) is 0. The summed E-state index contributed by atoms with van der Waals surface area (Å²) in [6.07, 6.45) is 66.8. The van der Waals surface area contributed by atoms with E-state index < -0.39 is 18.2 Å². The molecule has 6 nitrogen and oxygen atoms in total. The van der Waals surface area contributed by atoms with E-state index in [1.807, 2.05) is 18.2 Å². The molecule has 0 aliphatic carbocycles. The molecule has 65 heavy (non-hydrogen) atoms. The van der Waals surface area contributed by atoms with Gasteiger partial charge in [-0.2, -0.15) is 0 Å². The van der Waals surface area contributed by atoms with Crippen molar-refractivity contribution in [1.29, 1.82) is 0 Å². The molecule has 0 spiro atoms. The molecule has 0 aliphatic heterocycles. The van der Waals surface area contributed by atoms with Crippen LogP contribution in [0.3, 0.4) is 0 Å². The zero-order valence-electron chi connectivity index (χ0n) is 42.9. The number of esters is 1. The average molecular weight is 908 g/mol. The number of unbranched alkanes of at least 4 members (excludes halogenated alkanes) is 29. The number of hydrogen-bond donors (Lipinski definition) is 3. The van der Waals surface area contributed by atoms with E-state index in [1.165, 1.54) is 135 Å². The summed E-state index contributed by atoms with van der Waals surface area (Å²) >= 11 is 0. The highest BCUT2D eigenvalue weighted by Crippen LogP contribution is 2.17. The monoisotopic (exact) mass is 908 g/mol. The molecule has 3 unspecified atom stereocenters. The number of carbonyl (C=O) groups is 2. The van der Waals surface area contributed by atoms with Crippen molar-refractivity contribution < 1.29 is 24.5 Å². The number of allylic oxidation sites excluding steroid dienone is 12. The molecule has 0 saturated carbocycles. The molecule has 0 rings (SSSR count). The number of aliphatic hydroxyl groups is 2. The van der Waals surface area contributed by atoms with E-state index in [9.17, 15) is 19.8 Å². The SMILES string of the molecule is CC/C=C/C=C/C=C/C=C\CCCCCCCC(=O)OC(CCC/C=C/C=C/CCCCCCCCC)CC(=O)NC(CO)C(O)CCCCCCCCCCCCCCCCCCC. The van der Waals surface area contributed by atoms with Crippen molar-refractivity contribution in [2.45, 2.75) is 283 Å². The fourth-order valence-electron chi connectivity index (χ4n) is 8.20. The average Bonchev–Trinajstić information content (AvgIpc) is 3.30. The van der Waals surface area contributed by atoms with Gasteiger partial charge in [0.2, 0.25) is 5.91 Å².